The number of piperidine rings is 1. The van der Waals surface area contributed by atoms with E-state index in [9.17, 15) is 13.2 Å². The fourth-order valence-electron chi connectivity index (χ4n) is 2.80. The van der Waals surface area contributed by atoms with Gasteiger partial charge in [-0.15, -0.1) is 0 Å². The van der Waals surface area contributed by atoms with Gasteiger partial charge in [-0.3, -0.25) is 0 Å². The van der Waals surface area contributed by atoms with Crippen LogP contribution in [0.1, 0.15) is 24.8 Å². The molecule has 1 aromatic rings. The average molecular weight is 271 g/mol. The van der Waals surface area contributed by atoms with Crippen LogP contribution < -0.4 is 10.1 Å². The van der Waals surface area contributed by atoms with Crippen LogP contribution in [0.4, 0.5) is 13.2 Å². The Labute approximate surface area is 109 Å². The zero-order chi connectivity index (χ0) is 13.5. The predicted molar refractivity (Wildman–Crippen MR) is 65.0 cm³/mol. The van der Waals surface area contributed by atoms with E-state index >= 15 is 0 Å². The van der Waals surface area contributed by atoms with Gasteiger partial charge in [-0.2, -0.15) is 13.2 Å². The first-order valence-electron chi connectivity index (χ1n) is 6.55. The van der Waals surface area contributed by atoms with Gasteiger partial charge in [0.1, 0.15) is 11.9 Å². The van der Waals surface area contributed by atoms with Crippen molar-refractivity contribution in [2.45, 2.75) is 31.5 Å². The molecule has 1 heterocycles. The summed E-state index contributed by atoms with van der Waals surface area (Å²) in [4.78, 5) is 0. The average Bonchev–Trinajstić information content (AvgIpc) is 3.12. The van der Waals surface area contributed by atoms with E-state index in [0.717, 1.165) is 31.9 Å². The SMILES string of the molecule is FC(F)(F)c1ccccc1O[C@@H]1CNCCC12CC2. The lowest BCUT2D eigenvalue weighted by molar-refractivity contribution is -0.139. The Kier molecular flexibility index (Phi) is 2.96. The highest BCUT2D eigenvalue weighted by atomic mass is 19.4. The van der Waals surface area contributed by atoms with Gasteiger partial charge in [-0.1, -0.05) is 12.1 Å². The zero-order valence-corrected chi connectivity index (χ0v) is 10.5. The van der Waals surface area contributed by atoms with Crippen LogP contribution in [0.25, 0.3) is 0 Å². The molecule has 1 N–H and O–H groups in total. The summed E-state index contributed by atoms with van der Waals surface area (Å²) < 4.78 is 44.5. The van der Waals surface area contributed by atoms with E-state index in [1.165, 1.54) is 12.1 Å². The van der Waals surface area contributed by atoms with Gasteiger partial charge in [0.15, 0.2) is 0 Å². The zero-order valence-electron chi connectivity index (χ0n) is 10.5. The Morgan fingerprint density at radius 3 is 2.58 bits per heavy atom. The van der Waals surface area contributed by atoms with E-state index in [4.69, 9.17) is 4.74 Å². The van der Waals surface area contributed by atoms with Gasteiger partial charge in [0.2, 0.25) is 0 Å². The van der Waals surface area contributed by atoms with Crippen LogP contribution in [-0.4, -0.2) is 19.2 Å². The molecule has 1 aromatic carbocycles. The monoisotopic (exact) mass is 271 g/mol. The van der Waals surface area contributed by atoms with Crippen molar-refractivity contribution in [3.8, 4) is 5.75 Å². The fourth-order valence-corrected chi connectivity index (χ4v) is 2.80. The van der Waals surface area contributed by atoms with Crippen LogP contribution in [0, 0.1) is 5.41 Å². The van der Waals surface area contributed by atoms with Crippen molar-refractivity contribution in [3.05, 3.63) is 29.8 Å². The topological polar surface area (TPSA) is 21.3 Å². The molecular weight excluding hydrogens is 255 g/mol. The molecule has 0 amide bonds. The lowest BCUT2D eigenvalue weighted by Gasteiger charge is -2.33. The highest BCUT2D eigenvalue weighted by Crippen LogP contribution is 2.54. The van der Waals surface area contributed by atoms with Crippen molar-refractivity contribution in [3.63, 3.8) is 0 Å². The summed E-state index contributed by atoms with van der Waals surface area (Å²) in [7, 11) is 0. The van der Waals surface area contributed by atoms with Crippen LogP contribution in [0.15, 0.2) is 24.3 Å². The molecule has 1 atom stereocenters. The molecule has 2 fully saturated rings. The van der Waals surface area contributed by atoms with Gasteiger partial charge in [0.05, 0.1) is 5.56 Å². The number of hydrogen-bond donors (Lipinski definition) is 1. The van der Waals surface area contributed by atoms with E-state index in [-0.39, 0.29) is 17.3 Å². The molecule has 0 aromatic heterocycles. The van der Waals surface area contributed by atoms with Crippen molar-refractivity contribution in [2.24, 2.45) is 5.41 Å². The summed E-state index contributed by atoms with van der Waals surface area (Å²) in [5.41, 5.74) is -0.569. The summed E-state index contributed by atoms with van der Waals surface area (Å²) in [6, 6.07) is 5.46. The third kappa shape index (κ3) is 2.43. The maximum Gasteiger partial charge on any atom is 0.419 e. The quantitative estimate of drug-likeness (QED) is 0.891. The Bertz CT molecular complexity index is 468. The smallest absolute Gasteiger partial charge is 0.419 e. The largest absolute Gasteiger partial charge is 0.488 e. The predicted octanol–water partition coefficient (Wildman–Crippen LogP) is 3.23. The maximum atomic E-state index is 12.9. The van der Waals surface area contributed by atoms with Crippen LogP contribution in [0.3, 0.4) is 0 Å². The first kappa shape index (κ1) is 12.8. The molecule has 3 rings (SSSR count). The number of ether oxygens (including phenoxy) is 1. The first-order valence-corrected chi connectivity index (χ1v) is 6.55. The van der Waals surface area contributed by atoms with E-state index in [1.807, 2.05) is 0 Å². The highest BCUT2D eigenvalue weighted by Gasteiger charge is 2.52. The number of nitrogens with one attached hydrogen (secondary N) is 1. The minimum absolute atomic E-state index is 0.0463. The third-order valence-electron chi connectivity index (χ3n) is 4.17. The van der Waals surface area contributed by atoms with Crippen LogP contribution in [-0.2, 0) is 6.18 Å². The standard InChI is InChI=1S/C14H16F3NO/c15-14(16,17)10-3-1-2-4-11(10)19-12-9-18-8-7-13(12)5-6-13/h1-4,12,18H,5-9H2/t12-/m1/s1. The minimum atomic E-state index is -4.37. The third-order valence-corrected chi connectivity index (χ3v) is 4.17. The summed E-state index contributed by atoms with van der Waals surface area (Å²) in [6.07, 6.45) is -1.40. The van der Waals surface area contributed by atoms with E-state index < -0.39 is 11.7 Å². The molecule has 5 heteroatoms. The van der Waals surface area contributed by atoms with Gasteiger partial charge < -0.3 is 10.1 Å². The summed E-state index contributed by atoms with van der Waals surface area (Å²) in [6.45, 7) is 1.56. The molecule has 2 aliphatic rings. The Hall–Kier alpha value is -1.23. The lowest BCUT2D eigenvalue weighted by atomic mass is 9.91. The van der Waals surface area contributed by atoms with E-state index in [1.54, 1.807) is 6.07 Å². The molecule has 104 valence electrons. The number of rotatable bonds is 2. The number of benzene rings is 1. The summed E-state index contributed by atoms with van der Waals surface area (Å²) in [5, 5.41) is 3.20. The molecule has 1 aliphatic carbocycles. The van der Waals surface area contributed by atoms with Crippen molar-refractivity contribution in [1.82, 2.24) is 5.32 Å². The Morgan fingerprint density at radius 2 is 1.89 bits per heavy atom. The van der Waals surface area contributed by atoms with E-state index in [0.29, 0.717) is 6.54 Å². The maximum absolute atomic E-state index is 12.9. The van der Waals surface area contributed by atoms with Crippen LogP contribution in [0.2, 0.25) is 0 Å². The Morgan fingerprint density at radius 1 is 1.16 bits per heavy atom. The van der Waals surface area contributed by atoms with Crippen molar-refractivity contribution >= 4 is 0 Å². The minimum Gasteiger partial charge on any atom is -0.488 e. The summed E-state index contributed by atoms with van der Waals surface area (Å²) in [5.74, 6) is -0.0463. The second-order valence-electron chi connectivity index (χ2n) is 5.42. The van der Waals surface area contributed by atoms with Crippen molar-refractivity contribution in [2.75, 3.05) is 13.1 Å². The Balaban J connectivity index is 1.83. The molecule has 0 unspecified atom stereocenters. The van der Waals surface area contributed by atoms with Gasteiger partial charge in [0, 0.05) is 12.0 Å². The molecule has 1 spiro atoms. The van der Waals surface area contributed by atoms with Crippen molar-refractivity contribution < 1.29 is 17.9 Å². The van der Waals surface area contributed by atoms with Crippen LogP contribution in [0.5, 0.6) is 5.75 Å². The lowest BCUT2D eigenvalue weighted by Crippen LogP contribution is -2.45. The molecular formula is C14H16F3NO. The normalized spacial score (nSPS) is 25.3. The number of para-hydroxylation sites is 1. The van der Waals surface area contributed by atoms with Gasteiger partial charge in [0.25, 0.3) is 0 Å². The highest BCUT2D eigenvalue weighted by molar-refractivity contribution is 5.36. The number of hydrogen-bond acceptors (Lipinski definition) is 2. The molecule has 1 saturated heterocycles. The van der Waals surface area contributed by atoms with E-state index in [2.05, 4.69) is 5.32 Å². The molecule has 1 aliphatic heterocycles. The van der Waals surface area contributed by atoms with Gasteiger partial charge in [-0.05, 0) is 37.9 Å². The first-order chi connectivity index (χ1) is 9.01. The number of halogens is 3. The van der Waals surface area contributed by atoms with Gasteiger partial charge >= 0.3 is 6.18 Å². The molecule has 0 bridgehead atoms. The van der Waals surface area contributed by atoms with Crippen LogP contribution >= 0.6 is 0 Å². The molecule has 19 heavy (non-hydrogen) atoms. The molecule has 0 radical (unpaired) electrons. The fraction of sp³-hybridized carbons (Fsp3) is 0.571. The second kappa shape index (κ2) is 4.40. The van der Waals surface area contributed by atoms with Crippen molar-refractivity contribution in [1.29, 1.82) is 0 Å². The van der Waals surface area contributed by atoms with Gasteiger partial charge in [-0.25, -0.2) is 0 Å². The second-order valence-corrected chi connectivity index (χ2v) is 5.42. The number of alkyl halides is 3. The molecule has 2 nitrogen and oxygen atoms in total. The summed E-state index contributed by atoms with van der Waals surface area (Å²) >= 11 is 0. The molecule has 1 saturated carbocycles.